The quantitative estimate of drug-likeness (QED) is 0.696. The van der Waals surface area contributed by atoms with Crippen molar-refractivity contribution in [2.45, 2.75) is 16.6 Å². The van der Waals surface area contributed by atoms with Crippen LogP contribution in [0.2, 0.25) is 0 Å². The second kappa shape index (κ2) is 2.42. The largest absolute Gasteiger partial charge is 0.381 e. The van der Waals surface area contributed by atoms with E-state index in [4.69, 9.17) is 9.84 Å². The van der Waals surface area contributed by atoms with Crippen LogP contribution in [0.1, 0.15) is 6.92 Å². The summed E-state index contributed by atoms with van der Waals surface area (Å²) in [6.45, 7) is 2.05. The third kappa shape index (κ3) is 1.04. The maximum Gasteiger partial charge on any atom is 0.235 e. The van der Waals surface area contributed by atoms with Gasteiger partial charge in [-0.05, 0) is 22.9 Å². The van der Waals surface area contributed by atoms with Crippen molar-refractivity contribution in [2.75, 3.05) is 6.61 Å². The van der Waals surface area contributed by atoms with Gasteiger partial charge in [0.05, 0.1) is 12.0 Å². The van der Waals surface area contributed by atoms with Gasteiger partial charge in [0.2, 0.25) is 4.70 Å². The molecule has 1 aliphatic heterocycles. The van der Waals surface area contributed by atoms with E-state index in [9.17, 15) is 5.11 Å². The summed E-state index contributed by atoms with van der Waals surface area (Å²) in [4.78, 5) is 0. The van der Waals surface area contributed by atoms with Crippen LogP contribution in [0, 0.1) is 5.41 Å². The first-order valence-electron chi connectivity index (χ1n) is 2.77. The first-order chi connectivity index (χ1) is 4.40. The molecule has 0 aliphatic carbocycles. The fraction of sp³-hybridized carbons (Fsp3) is 1.00. The molecular weight excluding hydrogens is 268 g/mol. The predicted molar refractivity (Wildman–Crippen MR) is 42.9 cm³/mol. The zero-order valence-corrected chi connectivity index (χ0v) is 8.52. The molecule has 0 amide bonds. The molecule has 3 unspecified atom stereocenters. The second-order valence-corrected chi connectivity index (χ2v) is 4.55. The van der Waals surface area contributed by atoms with Gasteiger partial charge in [-0.1, -0.05) is 15.9 Å². The zero-order chi connectivity index (χ0) is 7.99. The average Bonchev–Trinajstić information content (AvgIpc) is 1.83. The Kier molecular flexibility index (Phi) is 2.16. The van der Waals surface area contributed by atoms with Crippen LogP contribution in [-0.4, -0.2) is 26.5 Å². The van der Waals surface area contributed by atoms with Gasteiger partial charge in [0, 0.05) is 0 Å². The minimum absolute atomic E-state index is 0.334. The van der Waals surface area contributed by atoms with E-state index >= 15 is 0 Å². The molecule has 1 heterocycles. The van der Waals surface area contributed by atoms with Gasteiger partial charge in [0.15, 0.2) is 0 Å². The summed E-state index contributed by atoms with van der Waals surface area (Å²) in [5, 5.41) is 17.7. The molecule has 0 aromatic carbocycles. The van der Waals surface area contributed by atoms with Crippen molar-refractivity contribution >= 4 is 31.9 Å². The molecule has 60 valence electrons. The third-order valence-corrected chi connectivity index (χ3v) is 3.94. The Hall–Kier alpha value is 0.840. The molecule has 0 aromatic rings. The Morgan fingerprint density at radius 2 is 2.20 bits per heavy atom. The molecule has 1 fully saturated rings. The summed E-state index contributed by atoms with van der Waals surface area (Å²) < 4.78 is 3.39. The number of hydrogen-bond acceptors (Lipinski definition) is 3. The minimum atomic E-state index is -1.39. The van der Waals surface area contributed by atoms with Crippen LogP contribution >= 0.6 is 31.9 Å². The van der Waals surface area contributed by atoms with E-state index in [1.807, 2.05) is 0 Å². The van der Waals surface area contributed by atoms with E-state index in [0.29, 0.717) is 6.61 Å². The van der Waals surface area contributed by atoms with Crippen LogP contribution < -0.4 is 0 Å². The average molecular weight is 276 g/mol. The van der Waals surface area contributed by atoms with Crippen LogP contribution in [-0.2, 0) is 4.74 Å². The Bertz CT molecular complexity index is 148. The lowest BCUT2D eigenvalue weighted by Gasteiger charge is -2.50. The van der Waals surface area contributed by atoms with Crippen LogP contribution in [0.15, 0.2) is 0 Å². The summed E-state index contributed by atoms with van der Waals surface area (Å²) in [6, 6.07) is 0. The summed E-state index contributed by atoms with van der Waals surface area (Å²) in [6.07, 6.45) is 0. The number of hydrogen-bond donors (Lipinski definition) is 2. The number of aliphatic hydroxyl groups is 2. The molecule has 3 atom stereocenters. The first kappa shape index (κ1) is 8.93. The lowest BCUT2D eigenvalue weighted by Crippen LogP contribution is -2.61. The summed E-state index contributed by atoms with van der Waals surface area (Å²) >= 11 is 5.90. The topological polar surface area (TPSA) is 49.7 Å². The van der Waals surface area contributed by atoms with Crippen molar-refractivity contribution in [3.05, 3.63) is 0 Å². The van der Waals surface area contributed by atoms with Crippen molar-refractivity contribution in [2.24, 2.45) is 5.41 Å². The van der Waals surface area contributed by atoms with Crippen molar-refractivity contribution in [1.82, 2.24) is 0 Å². The lowest BCUT2D eigenvalue weighted by molar-refractivity contribution is -0.317. The van der Waals surface area contributed by atoms with Gasteiger partial charge < -0.3 is 14.9 Å². The van der Waals surface area contributed by atoms with E-state index in [-0.39, 0.29) is 0 Å². The van der Waals surface area contributed by atoms with Gasteiger partial charge in [0.25, 0.3) is 0 Å². The fourth-order valence-electron chi connectivity index (χ4n) is 0.635. The molecule has 0 bridgehead atoms. The number of rotatable bonds is 1. The van der Waals surface area contributed by atoms with Gasteiger partial charge in [0.1, 0.15) is 5.01 Å². The molecule has 1 aliphatic rings. The monoisotopic (exact) mass is 274 g/mol. The summed E-state index contributed by atoms with van der Waals surface area (Å²) in [7, 11) is 0. The summed E-state index contributed by atoms with van der Waals surface area (Å²) in [5.41, 5.74) is -0.660. The summed E-state index contributed by atoms with van der Waals surface area (Å²) in [5.74, 6) is 0. The highest BCUT2D eigenvalue weighted by Gasteiger charge is 2.59. The Balaban J connectivity index is 2.71. The molecule has 0 aromatic heterocycles. The van der Waals surface area contributed by atoms with Crippen LogP contribution in [0.5, 0.6) is 0 Å². The smallest absolute Gasteiger partial charge is 0.235 e. The van der Waals surface area contributed by atoms with E-state index in [1.54, 1.807) is 6.92 Å². The number of ether oxygens (including phenoxy) is 1. The number of halogens is 2. The first-order valence-corrected chi connectivity index (χ1v) is 4.48. The van der Waals surface area contributed by atoms with Crippen molar-refractivity contribution in [3.63, 3.8) is 0 Å². The zero-order valence-electron chi connectivity index (χ0n) is 5.34. The van der Waals surface area contributed by atoms with Crippen molar-refractivity contribution in [3.8, 4) is 0 Å². The fourth-order valence-corrected chi connectivity index (χ4v) is 1.83. The molecule has 0 saturated carbocycles. The molecule has 2 N–H and O–H groups in total. The third-order valence-electron chi connectivity index (χ3n) is 1.79. The van der Waals surface area contributed by atoms with Gasteiger partial charge in [-0.25, -0.2) is 0 Å². The Labute approximate surface area is 75.6 Å². The minimum Gasteiger partial charge on any atom is -0.381 e. The highest BCUT2D eigenvalue weighted by atomic mass is 79.9. The van der Waals surface area contributed by atoms with Crippen molar-refractivity contribution < 1.29 is 14.9 Å². The lowest BCUT2D eigenvalue weighted by atomic mass is 9.87. The van der Waals surface area contributed by atoms with E-state index < -0.39 is 15.1 Å². The van der Waals surface area contributed by atoms with E-state index in [2.05, 4.69) is 31.9 Å². The normalized spacial score (nSPS) is 50.1. The van der Waals surface area contributed by atoms with Gasteiger partial charge in [-0.3, -0.25) is 0 Å². The SMILES string of the molecule is CC1(C(O)Br)COC1(O)Br. The van der Waals surface area contributed by atoms with Gasteiger partial charge in [-0.15, -0.1) is 0 Å². The molecule has 5 heteroatoms. The molecule has 3 nitrogen and oxygen atoms in total. The molecule has 0 spiro atoms. The van der Waals surface area contributed by atoms with E-state index in [0.717, 1.165) is 0 Å². The highest BCUT2D eigenvalue weighted by molar-refractivity contribution is 9.10. The predicted octanol–water partition coefficient (Wildman–Crippen LogP) is 0.777. The maximum atomic E-state index is 9.31. The highest BCUT2D eigenvalue weighted by Crippen LogP contribution is 2.50. The Morgan fingerprint density at radius 3 is 2.20 bits per heavy atom. The second-order valence-electron chi connectivity index (χ2n) is 2.60. The molecule has 1 saturated heterocycles. The van der Waals surface area contributed by atoms with Gasteiger partial charge in [-0.2, -0.15) is 0 Å². The molecule has 0 radical (unpaired) electrons. The molecular formula is C5H8Br2O3. The van der Waals surface area contributed by atoms with Crippen LogP contribution in [0.25, 0.3) is 0 Å². The maximum absolute atomic E-state index is 9.31. The molecule has 10 heavy (non-hydrogen) atoms. The van der Waals surface area contributed by atoms with Gasteiger partial charge >= 0.3 is 0 Å². The van der Waals surface area contributed by atoms with E-state index in [1.165, 1.54) is 0 Å². The van der Waals surface area contributed by atoms with Crippen LogP contribution in [0.3, 0.4) is 0 Å². The number of alkyl halides is 2. The number of aliphatic hydroxyl groups excluding tert-OH is 1. The Morgan fingerprint density at radius 1 is 1.70 bits per heavy atom. The molecule has 1 rings (SSSR count). The van der Waals surface area contributed by atoms with Crippen molar-refractivity contribution in [1.29, 1.82) is 0 Å². The van der Waals surface area contributed by atoms with Crippen LogP contribution in [0.4, 0.5) is 0 Å². The standard InChI is InChI=1S/C5H8Br2O3/c1-4(3(6)8)2-10-5(4,7)9/h3,8-9H,2H2,1H3.